The van der Waals surface area contributed by atoms with E-state index in [2.05, 4.69) is 27.7 Å². The normalized spacial score (nSPS) is 14.2. The van der Waals surface area contributed by atoms with Gasteiger partial charge in [0.15, 0.2) is 12.0 Å². The van der Waals surface area contributed by atoms with Crippen LogP contribution in [0.5, 0.6) is 5.75 Å². The van der Waals surface area contributed by atoms with Crippen molar-refractivity contribution in [3.63, 3.8) is 0 Å². The third-order valence-corrected chi connectivity index (χ3v) is 2.88. The summed E-state index contributed by atoms with van der Waals surface area (Å²) in [6.45, 7) is 10.3. The van der Waals surface area contributed by atoms with Gasteiger partial charge in [0.05, 0.1) is 13.2 Å². The Morgan fingerprint density at radius 3 is 2.30 bits per heavy atom. The number of rotatable bonds is 7. The Morgan fingerprint density at radius 2 is 1.70 bits per heavy atom. The molecule has 0 saturated carbocycles. The van der Waals surface area contributed by atoms with Crippen LogP contribution in [0.25, 0.3) is 0 Å². The zero-order valence-corrected chi connectivity index (χ0v) is 12.7. The molecule has 4 nitrogen and oxygen atoms in total. The van der Waals surface area contributed by atoms with E-state index in [1.807, 2.05) is 18.2 Å². The van der Waals surface area contributed by atoms with Crippen LogP contribution in [0.3, 0.4) is 0 Å². The average molecular weight is 280 g/mol. The summed E-state index contributed by atoms with van der Waals surface area (Å²) in [5, 5.41) is 0. The Labute approximate surface area is 120 Å². The monoisotopic (exact) mass is 280 g/mol. The van der Waals surface area contributed by atoms with Gasteiger partial charge in [0.25, 0.3) is 0 Å². The van der Waals surface area contributed by atoms with E-state index in [1.165, 1.54) is 0 Å². The molecular formula is C16H24O4. The lowest BCUT2D eigenvalue weighted by Gasteiger charge is -2.21. The molecule has 0 saturated heterocycles. The van der Waals surface area contributed by atoms with E-state index in [1.54, 1.807) is 0 Å². The molecule has 0 bridgehead atoms. The van der Waals surface area contributed by atoms with Crippen molar-refractivity contribution in [2.24, 2.45) is 11.8 Å². The molecule has 0 N–H and O–H groups in total. The van der Waals surface area contributed by atoms with E-state index in [0.717, 1.165) is 16.9 Å². The maximum atomic E-state index is 5.90. The summed E-state index contributed by atoms with van der Waals surface area (Å²) >= 11 is 0. The topological polar surface area (TPSA) is 36.9 Å². The fraction of sp³-hybridized carbons (Fsp3) is 0.625. The molecule has 112 valence electrons. The molecule has 1 aromatic carbocycles. The molecule has 0 unspecified atom stereocenters. The minimum atomic E-state index is -0.328. The van der Waals surface area contributed by atoms with Crippen LogP contribution in [-0.2, 0) is 21.0 Å². The van der Waals surface area contributed by atoms with Crippen LogP contribution >= 0.6 is 0 Å². The second kappa shape index (κ2) is 7.07. The van der Waals surface area contributed by atoms with Crippen molar-refractivity contribution < 1.29 is 19.2 Å². The number of hydrogen-bond acceptors (Lipinski definition) is 4. The Bertz CT molecular complexity index is 416. The van der Waals surface area contributed by atoms with Gasteiger partial charge in [-0.3, -0.25) is 0 Å². The third kappa shape index (κ3) is 4.20. The van der Waals surface area contributed by atoms with Gasteiger partial charge in [-0.15, -0.1) is 0 Å². The average Bonchev–Trinajstić information content (AvgIpc) is 2.85. The van der Waals surface area contributed by atoms with Crippen molar-refractivity contribution in [3.05, 3.63) is 29.3 Å². The van der Waals surface area contributed by atoms with Crippen LogP contribution in [-0.4, -0.2) is 13.2 Å². The number of benzene rings is 1. The van der Waals surface area contributed by atoms with Crippen molar-refractivity contribution in [1.82, 2.24) is 0 Å². The Hall–Kier alpha value is -1.10. The standard InChI is InChI=1S/C16H24O4/c1-11(2)8-17-16(18-9-12(3)4)13-5-6-15-14(7-13)10-19-20-15/h5-7,11-12,16H,8-10H2,1-4H3. The second-order valence-corrected chi connectivity index (χ2v) is 6.00. The Balaban J connectivity index is 2.07. The van der Waals surface area contributed by atoms with Crippen LogP contribution in [0.15, 0.2) is 18.2 Å². The molecule has 0 atom stereocenters. The zero-order chi connectivity index (χ0) is 14.5. The van der Waals surface area contributed by atoms with Crippen molar-refractivity contribution >= 4 is 0 Å². The second-order valence-electron chi connectivity index (χ2n) is 6.00. The van der Waals surface area contributed by atoms with Crippen LogP contribution in [0.2, 0.25) is 0 Å². The Morgan fingerprint density at radius 1 is 1.05 bits per heavy atom. The minimum Gasteiger partial charge on any atom is -0.348 e. The van der Waals surface area contributed by atoms with Gasteiger partial charge in [-0.2, -0.15) is 4.89 Å². The first-order chi connectivity index (χ1) is 9.56. The molecule has 1 aliphatic heterocycles. The van der Waals surface area contributed by atoms with Crippen LogP contribution < -0.4 is 4.89 Å². The molecule has 2 rings (SSSR count). The van der Waals surface area contributed by atoms with Crippen molar-refractivity contribution in [1.29, 1.82) is 0 Å². The predicted molar refractivity (Wildman–Crippen MR) is 76.2 cm³/mol. The molecule has 0 radical (unpaired) electrons. The molecule has 1 heterocycles. The van der Waals surface area contributed by atoms with Gasteiger partial charge < -0.3 is 14.4 Å². The molecule has 1 aromatic rings. The maximum Gasteiger partial charge on any atom is 0.183 e. The molecule has 0 spiro atoms. The first kappa shape index (κ1) is 15.3. The van der Waals surface area contributed by atoms with E-state index in [-0.39, 0.29) is 6.29 Å². The van der Waals surface area contributed by atoms with E-state index in [9.17, 15) is 0 Å². The molecule has 20 heavy (non-hydrogen) atoms. The highest BCUT2D eigenvalue weighted by Gasteiger charge is 2.19. The molecule has 0 aromatic heterocycles. The van der Waals surface area contributed by atoms with E-state index < -0.39 is 0 Å². The maximum absolute atomic E-state index is 5.90. The first-order valence-electron chi connectivity index (χ1n) is 7.21. The van der Waals surface area contributed by atoms with Crippen molar-refractivity contribution in [2.45, 2.75) is 40.6 Å². The fourth-order valence-electron chi connectivity index (χ4n) is 1.90. The summed E-state index contributed by atoms with van der Waals surface area (Å²) in [7, 11) is 0. The van der Waals surface area contributed by atoms with Crippen molar-refractivity contribution in [3.8, 4) is 5.75 Å². The summed E-state index contributed by atoms with van der Waals surface area (Å²) < 4.78 is 11.8. The largest absolute Gasteiger partial charge is 0.348 e. The lowest BCUT2D eigenvalue weighted by molar-refractivity contribution is -0.194. The van der Waals surface area contributed by atoms with Crippen LogP contribution in [0.1, 0.15) is 45.1 Å². The quantitative estimate of drug-likeness (QED) is 0.561. The summed E-state index contributed by atoms with van der Waals surface area (Å²) in [4.78, 5) is 10.0. The summed E-state index contributed by atoms with van der Waals surface area (Å²) in [5.74, 6) is 1.72. The number of hydrogen-bond donors (Lipinski definition) is 0. The fourth-order valence-corrected chi connectivity index (χ4v) is 1.90. The summed E-state index contributed by atoms with van der Waals surface area (Å²) in [6, 6.07) is 5.91. The van der Waals surface area contributed by atoms with Gasteiger partial charge in [-0.05, 0) is 24.0 Å². The smallest absolute Gasteiger partial charge is 0.183 e. The lowest BCUT2D eigenvalue weighted by atomic mass is 10.1. The zero-order valence-electron chi connectivity index (χ0n) is 12.7. The highest BCUT2D eigenvalue weighted by molar-refractivity contribution is 5.38. The molecule has 4 heteroatoms. The van der Waals surface area contributed by atoms with E-state index in [4.69, 9.17) is 19.2 Å². The molecule has 0 amide bonds. The van der Waals surface area contributed by atoms with Gasteiger partial charge in [0, 0.05) is 11.1 Å². The Kier molecular flexibility index (Phi) is 5.40. The van der Waals surface area contributed by atoms with Gasteiger partial charge in [-0.1, -0.05) is 33.8 Å². The molecule has 1 aliphatic rings. The molecular weight excluding hydrogens is 256 g/mol. The van der Waals surface area contributed by atoms with Crippen molar-refractivity contribution in [2.75, 3.05) is 13.2 Å². The minimum absolute atomic E-state index is 0.328. The summed E-state index contributed by atoms with van der Waals surface area (Å²) in [6.07, 6.45) is -0.328. The van der Waals surface area contributed by atoms with E-state index in [0.29, 0.717) is 31.7 Å². The highest BCUT2D eigenvalue weighted by Crippen LogP contribution is 2.30. The lowest BCUT2D eigenvalue weighted by Crippen LogP contribution is -2.15. The molecule has 0 aliphatic carbocycles. The first-order valence-corrected chi connectivity index (χ1v) is 7.21. The highest BCUT2D eigenvalue weighted by atomic mass is 17.2. The number of ether oxygens (including phenoxy) is 2. The van der Waals surface area contributed by atoms with Gasteiger partial charge >= 0.3 is 0 Å². The summed E-state index contributed by atoms with van der Waals surface area (Å²) in [5.41, 5.74) is 2.05. The van der Waals surface area contributed by atoms with Gasteiger partial charge in [0.2, 0.25) is 0 Å². The van der Waals surface area contributed by atoms with E-state index >= 15 is 0 Å². The van der Waals surface area contributed by atoms with Gasteiger partial charge in [0.1, 0.15) is 6.61 Å². The predicted octanol–water partition coefficient (Wildman–Crippen LogP) is 3.85. The van der Waals surface area contributed by atoms with Crippen LogP contribution in [0, 0.1) is 11.8 Å². The van der Waals surface area contributed by atoms with Gasteiger partial charge in [-0.25, -0.2) is 0 Å². The van der Waals surface area contributed by atoms with Crippen LogP contribution in [0.4, 0.5) is 0 Å². The number of fused-ring (bicyclic) bond motifs is 1. The molecule has 0 fully saturated rings. The third-order valence-electron chi connectivity index (χ3n) is 2.88. The SMILES string of the molecule is CC(C)COC(OCC(C)C)c1ccc2c(c1)COO2.